The number of nitrogens with one attached hydrogen (secondary N) is 2. The van der Waals surface area contributed by atoms with Crippen molar-refractivity contribution in [2.45, 2.75) is 77.7 Å². The average Bonchev–Trinajstić information content (AvgIpc) is 3.37. The third-order valence-electron chi connectivity index (χ3n) is 7.59. The second kappa shape index (κ2) is 13.9. The van der Waals surface area contributed by atoms with Crippen LogP contribution in [0.3, 0.4) is 0 Å². The number of carbonyl (C=O) groups excluding carboxylic acids is 3. The molecule has 8 nitrogen and oxygen atoms in total. The van der Waals surface area contributed by atoms with Crippen molar-refractivity contribution >= 4 is 34.9 Å². The van der Waals surface area contributed by atoms with Crippen LogP contribution in [0.2, 0.25) is 0 Å². The van der Waals surface area contributed by atoms with Gasteiger partial charge in [-0.05, 0) is 72.7 Å². The van der Waals surface area contributed by atoms with E-state index in [0.717, 1.165) is 25.7 Å². The highest BCUT2D eigenvalue weighted by Crippen LogP contribution is 2.29. The minimum Gasteiger partial charge on any atom is -0.481 e. The van der Waals surface area contributed by atoms with Crippen LogP contribution in [0.4, 0.5) is 11.4 Å². The number of amidine groups is 1. The molecule has 0 aliphatic carbocycles. The fraction of sp³-hybridized carbons (Fsp3) is 0.353. The van der Waals surface area contributed by atoms with Gasteiger partial charge < -0.3 is 15.4 Å². The van der Waals surface area contributed by atoms with Crippen LogP contribution in [0.5, 0.6) is 5.75 Å². The first-order chi connectivity index (χ1) is 20.2. The van der Waals surface area contributed by atoms with Crippen molar-refractivity contribution in [2.75, 3.05) is 10.3 Å². The molecule has 3 amide bonds. The molecule has 0 saturated heterocycles. The summed E-state index contributed by atoms with van der Waals surface area (Å²) in [7, 11) is 0. The number of nitrogens with zero attached hydrogens (tertiary/aromatic N) is 2. The van der Waals surface area contributed by atoms with Crippen molar-refractivity contribution < 1.29 is 19.1 Å². The Bertz CT molecular complexity index is 1420. The number of anilines is 2. The summed E-state index contributed by atoms with van der Waals surface area (Å²) in [6.45, 7) is 8.70. The van der Waals surface area contributed by atoms with Gasteiger partial charge in [0.2, 0.25) is 0 Å². The summed E-state index contributed by atoms with van der Waals surface area (Å²) in [6, 6.07) is 23.7. The van der Waals surface area contributed by atoms with Gasteiger partial charge in [0.15, 0.2) is 6.10 Å². The molecule has 3 aromatic rings. The van der Waals surface area contributed by atoms with E-state index in [9.17, 15) is 14.4 Å². The normalized spacial score (nSPS) is 13.9. The summed E-state index contributed by atoms with van der Waals surface area (Å²) < 4.78 is 6.18. The molecular formula is C34H40N4O4. The Hall–Kier alpha value is -4.46. The fourth-order valence-corrected chi connectivity index (χ4v) is 4.61. The van der Waals surface area contributed by atoms with Gasteiger partial charge in [-0.15, -0.1) is 0 Å². The van der Waals surface area contributed by atoms with Gasteiger partial charge in [-0.25, -0.2) is 0 Å². The van der Waals surface area contributed by atoms with Crippen LogP contribution < -0.4 is 20.4 Å². The fourth-order valence-electron chi connectivity index (χ4n) is 4.61. The van der Waals surface area contributed by atoms with Gasteiger partial charge in [-0.1, -0.05) is 76.9 Å². The SMILES string of the molecule is CCCCC[C@@H](Oc1ccc(C(C)(C)CC)cc1)C(=O)Nc1cccc(C(=O)NC2=NN(c3ccccc3)C(=O)C2)c1. The maximum Gasteiger partial charge on any atom is 0.265 e. The topological polar surface area (TPSA) is 100 Å². The minimum absolute atomic E-state index is 0.00917. The first kappa shape index (κ1) is 30.5. The Kier molecular flexibility index (Phi) is 10.1. The second-order valence-corrected chi connectivity index (χ2v) is 11.2. The minimum atomic E-state index is -0.679. The number of ether oxygens (including phenoxy) is 1. The first-order valence-corrected chi connectivity index (χ1v) is 14.6. The van der Waals surface area contributed by atoms with Crippen LogP contribution >= 0.6 is 0 Å². The maximum absolute atomic E-state index is 13.4. The van der Waals surface area contributed by atoms with E-state index in [1.54, 1.807) is 36.4 Å². The van der Waals surface area contributed by atoms with Gasteiger partial charge in [0, 0.05) is 11.3 Å². The lowest BCUT2D eigenvalue weighted by Crippen LogP contribution is -2.33. The van der Waals surface area contributed by atoms with Crippen molar-refractivity contribution in [1.82, 2.24) is 5.32 Å². The van der Waals surface area contributed by atoms with Crippen LogP contribution in [-0.4, -0.2) is 29.7 Å². The standard InChI is InChI=1S/C34H40N4O4/c1-5-7-9-17-29(42-28-20-18-25(19-21-28)34(3,4)6-2)33(41)35-26-14-12-13-24(22-26)32(40)36-30-23-31(39)38(37-30)27-15-10-8-11-16-27/h8,10-16,18-22,29H,5-7,9,17,23H2,1-4H3,(H,35,41)(H,36,37,40)/t29-/m1/s1. The Balaban J connectivity index is 1.42. The van der Waals surface area contributed by atoms with Crippen LogP contribution in [0.1, 0.15) is 82.1 Å². The molecule has 1 aliphatic heterocycles. The van der Waals surface area contributed by atoms with Gasteiger partial charge in [0.1, 0.15) is 11.6 Å². The van der Waals surface area contributed by atoms with E-state index in [1.165, 1.54) is 10.6 Å². The van der Waals surface area contributed by atoms with Crippen LogP contribution in [0.25, 0.3) is 0 Å². The molecule has 0 bridgehead atoms. The number of carbonyl (C=O) groups is 3. The average molecular weight is 569 g/mol. The predicted octanol–water partition coefficient (Wildman–Crippen LogP) is 6.82. The highest BCUT2D eigenvalue weighted by Gasteiger charge is 2.27. The lowest BCUT2D eigenvalue weighted by molar-refractivity contribution is -0.123. The van der Waals surface area contributed by atoms with Gasteiger partial charge in [-0.2, -0.15) is 10.1 Å². The predicted molar refractivity (Wildman–Crippen MR) is 167 cm³/mol. The molecule has 0 aromatic heterocycles. The van der Waals surface area contributed by atoms with Crippen molar-refractivity contribution in [2.24, 2.45) is 5.10 Å². The summed E-state index contributed by atoms with van der Waals surface area (Å²) in [4.78, 5) is 38.8. The van der Waals surface area contributed by atoms with Crippen molar-refractivity contribution in [3.63, 3.8) is 0 Å². The lowest BCUT2D eigenvalue weighted by atomic mass is 9.82. The maximum atomic E-state index is 13.4. The molecule has 0 saturated carbocycles. The summed E-state index contributed by atoms with van der Waals surface area (Å²) >= 11 is 0. The highest BCUT2D eigenvalue weighted by atomic mass is 16.5. The molecule has 2 N–H and O–H groups in total. The third kappa shape index (κ3) is 7.84. The molecule has 220 valence electrons. The molecule has 1 aliphatic rings. The molecule has 0 radical (unpaired) electrons. The van der Waals surface area contributed by atoms with Crippen molar-refractivity contribution in [3.8, 4) is 5.75 Å². The quantitative estimate of drug-likeness (QED) is 0.234. The van der Waals surface area contributed by atoms with Gasteiger partial charge in [-0.3, -0.25) is 14.4 Å². The van der Waals surface area contributed by atoms with Crippen LogP contribution in [0, 0.1) is 0 Å². The van der Waals surface area contributed by atoms with E-state index in [1.807, 2.05) is 30.3 Å². The molecule has 0 unspecified atom stereocenters. The van der Waals surface area contributed by atoms with Crippen LogP contribution in [0.15, 0.2) is 84.0 Å². The number of hydrogen-bond donors (Lipinski definition) is 2. The number of rotatable bonds is 12. The van der Waals surface area contributed by atoms with Gasteiger partial charge in [0.25, 0.3) is 17.7 Å². The smallest absolute Gasteiger partial charge is 0.265 e. The number of benzene rings is 3. The largest absolute Gasteiger partial charge is 0.481 e. The van der Waals surface area contributed by atoms with Gasteiger partial charge in [0.05, 0.1) is 12.1 Å². The number of para-hydroxylation sites is 1. The van der Waals surface area contributed by atoms with Crippen molar-refractivity contribution in [3.05, 3.63) is 90.0 Å². The second-order valence-electron chi connectivity index (χ2n) is 11.2. The van der Waals surface area contributed by atoms with Crippen molar-refractivity contribution in [1.29, 1.82) is 0 Å². The van der Waals surface area contributed by atoms with Crippen LogP contribution in [-0.2, 0) is 15.0 Å². The molecule has 1 heterocycles. The van der Waals surface area contributed by atoms with E-state index >= 15 is 0 Å². The zero-order valence-electron chi connectivity index (χ0n) is 24.9. The number of unbranched alkanes of at least 4 members (excludes halogenated alkanes) is 2. The number of hydrazone groups is 1. The Morgan fingerprint density at radius 1 is 0.952 bits per heavy atom. The van der Waals surface area contributed by atoms with E-state index in [4.69, 9.17) is 4.74 Å². The van der Waals surface area contributed by atoms with E-state index in [2.05, 4.69) is 55.6 Å². The lowest BCUT2D eigenvalue weighted by Gasteiger charge is -2.24. The van der Waals surface area contributed by atoms with E-state index in [0.29, 0.717) is 29.1 Å². The Labute approximate surface area is 248 Å². The Morgan fingerprint density at radius 2 is 1.69 bits per heavy atom. The molecular weight excluding hydrogens is 528 g/mol. The number of amides is 3. The zero-order chi connectivity index (χ0) is 30.1. The monoisotopic (exact) mass is 568 g/mol. The molecule has 1 atom stereocenters. The van der Waals surface area contributed by atoms with Gasteiger partial charge >= 0.3 is 0 Å². The molecule has 0 fully saturated rings. The summed E-state index contributed by atoms with van der Waals surface area (Å²) in [5.41, 5.74) is 2.73. The molecule has 8 heteroatoms. The number of hydrogen-bond acceptors (Lipinski definition) is 5. The molecule has 42 heavy (non-hydrogen) atoms. The Morgan fingerprint density at radius 3 is 2.38 bits per heavy atom. The highest BCUT2D eigenvalue weighted by molar-refractivity contribution is 6.18. The van der Waals surface area contributed by atoms with E-state index in [-0.39, 0.29) is 29.5 Å². The summed E-state index contributed by atoms with van der Waals surface area (Å²) in [5.74, 6) is -0.00692. The molecule has 4 rings (SSSR count). The summed E-state index contributed by atoms with van der Waals surface area (Å²) in [6.07, 6.45) is 3.80. The zero-order valence-corrected chi connectivity index (χ0v) is 24.9. The summed E-state index contributed by atoms with van der Waals surface area (Å²) in [5, 5.41) is 11.2. The first-order valence-electron chi connectivity index (χ1n) is 14.6. The third-order valence-corrected chi connectivity index (χ3v) is 7.59. The molecule has 3 aromatic carbocycles. The molecule has 0 spiro atoms. The van der Waals surface area contributed by atoms with E-state index < -0.39 is 12.0 Å².